The molecule has 3 aromatic carbocycles. The van der Waals surface area contributed by atoms with Gasteiger partial charge in [0.2, 0.25) is 106 Å². The molecule has 2 aliphatic rings. The molecule has 0 radical (unpaired) electrons. The lowest BCUT2D eigenvalue weighted by atomic mass is 10.00. The van der Waals surface area contributed by atoms with Gasteiger partial charge in [-0.15, -0.1) is 0 Å². The number of hydrogen-bond acceptors (Lipinski definition) is 28. The van der Waals surface area contributed by atoms with E-state index in [1.807, 2.05) is 0 Å². The number of H-pyrrole nitrogens is 1. The number of nitrogens with zero attached hydrogens (tertiary/aromatic N) is 3. The molecule has 142 heavy (non-hydrogen) atoms. The van der Waals surface area contributed by atoms with Gasteiger partial charge >= 0.3 is 11.9 Å². The fourth-order valence-corrected chi connectivity index (χ4v) is 15.2. The molecule has 51 heteroatoms. The van der Waals surface area contributed by atoms with Gasteiger partial charge in [-0.3, -0.25) is 101 Å². The number of amides is 18. The van der Waals surface area contributed by atoms with Crippen LogP contribution in [0.15, 0.2) is 85.3 Å². The molecule has 6 rings (SSSR count). The number of aliphatic hydroxyl groups excluding tert-OH is 2. The second kappa shape index (κ2) is 56.8. The van der Waals surface area contributed by atoms with E-state index in [-0.39, 0.29) is 106 Å². The number of carboxylic acids is 2. The molecule has 0 unspecified atom stereocenters. The van der Waals surface area contributed by atoms with Crippen LogP contribution in [0.1, 0.15) is 142 Å². The number of guanidine groups is 1. The zero-order valence-electron chi connectivity index (χ0n) is 80.2. The molecule has 18 amide bonds. The van der Waals surface area contributed by atoms with Crippen LogP contribution in [0.25, 0.3) is 0 Å². The number of aromatic amines is 1. The molecule has 30 N–H and O–H groups in total. The summed E-state index contributed by atoms with van der Waals surface area (Å²) in [5.74, 6) is -22.5. The zero-order chi connectivity index (χ0) is 105. The van der Waals surface area contributed by atoms with E-state index >= 15 is 4.79 Å². The van der Waals surface area contributed by atoms with Gasteiger partial charge in [0.1, 0.15) is 114 Å². The predicted octanol–water partition coefficient (Wildman–Crippen LogP) is -7.63. The molecule has 16 atom stereocenters. The smallest absolute Gasteiger partial charge is 0.325 e. The Kier molecular flexibility index (Phi) is 46.2. The second-order valence-corrected chi connectivity index (χ2v) is 35.5. The number of likely N-dealkylation sites (tertiary alicyclic amines) is 2. The van der Waals surface area contributed by atoms with Gasteiger partial charge in [-0.05, 0) is 143 Å². The number of imidazole rings is 1. The van der Waals surface area contributed by atoms with Crippen LogP contribution < -0.4 is 102 Å². The Labute approximate surface area is 817 Å². The molecule has 0 aliphatic carbocycles. The number of carbonyl (C=O) groups is 20. The average Bonchev–Trinajstić information content (AvgIpc) is 1.69. The Morgan fingerprint density at radius 1 is 0.423 bits per heavy atom. The van der Waals surface area contributed by atoms with E-state index in [9.17, 15) is 127 Å². The van der Waals surface area contributed by atoms with Gasteiger partial charge in [-0.25, -0.2) is 4.98 Å². The Morgan fingerprint density at radius 3 is 1.31 bits per heavy atom. The summed E-state index contributed by atoms with van der Waals surface area (Å²) in [5.41, 5.74) is 12.3. The summed E-state index contributed by atoms with van der Waals surface area (Å²) in [4.78, 5) is 286. The summed E-state index contributed by atoms with van der Waals surface area (Å²) in [6.07, 6.45) is 0.186. The number of nitrogens with one attached hydrogen (secondary N) is 19. The summed E-state index contributed by atoms with van der Waals surface area (Å²) >= 11 is 0. The third kappa shape index (κ3) is 37.5. The Hall–Kier alpha value is -15.2. The SMILES string of the molecule is CC(C)C[C@H](NC(=O)[C@@H]1CCCN1C(=O)[C@H](C)NC(=O)[C@H](Cc1ccc(O)cc1)NC(=O)[C@H](CO)NC(=O)CN)C(=O)NCC(=O)N[C@@H](Cc1ccc(O)cc1)C(=O)N[C@@H](Cc1c[nH]cn1)C(=O)N[C@H](C(=O)N[C@@H](CCCNC(=N)N)C(=O)N[C@@H](CCC(=O)O)C(=O)N[C@@H](Cc1ccc(O)cc1)C(=O)N1CCC[C@H]1C(=O)N[C@@H](C)C(=O)NCC(=O)N[C@H](C(=O)N[C@@H](CO)C(=O)N[C@@H](C)C(=O)O)C(C)C)C(C)C. The number of rotatable bonds is 56. The highest BCUT2D eigenvalue weighted by molar-refractivity contribution is 6.02. The lowest BCUT2D eigenvalue weighted by molar-refractivity contribution is -0.142. The van der Waals surface area contributed by atoms with Gasteiger partial charge < -0.3 is 152 Å². The van der Waals surface area contributed by atoms with Gasteiger partial charge in [0.15, 0.2) is 5.96 Å². The van der Waals surface area contributed by atoms with E-state index in [2.05, 4.69) is 100 Å². The average molecular weight is 1990 g/mol. The maximum absolute atomic E-state index is 15.0. The van der Waals surface area contributed by atoms with Gasteiger partial charge in [0.05, 0.1) is 44.9 Å². The molecule has 1 aromatic heterocycles. The van der Waals surface area contributed by atoms with Crippen molar-refractivity contribution in [2.75, 3.05) is 52.5 Å². The van der Waals surface area contributed by atoms with Crippen LogP contribution in [-0.4, -0.2) is 329 Å². The minimum Gasteiger partial charge on any atom is -0.508 e. The van der Waals surface area contributed by atoms with Crippen LogP contribution in [0, 0.1) is 23.2 Å². The van der Waals surface area contributed by atoms with Crippen molar-refractivity contribution in [3.8, 4) is 17.2 Å². The fourth-order valence-electron chi connectivity index (χ4n) is 15.2. The molecule has 0 bridgehead atoms. The van der Waals surface area contributed by atoms with Crippen LogP contribution in [-0.2, 0) is 122 Å². The Balaban J connectivity index is 1.16. The normalized spacial score (nSPS) is 16.2. The largest absolute Gasteiger partial charge is 0.508 e. The minimum absolute atomic E-state index is 0.0112. The fraction of sp³-hybridized carbons (Fsp3) is 0.538. The van der Waals surface area contributed by atoms with Crippen molar-refractivity contribution in [3.63, 3.8) is 0 Å². The Morgan fingerprint density at radius 2 is 0.824 bits per heavy atom. The number of carboxylic acid groups (broad SMARTS) is 2. The first-order valence-corrected chi connectivity index (χ1v) is 46.2. The molecule has 2 saturated heterocycles. The molecule has 4 aromatic rings. The number of phenols is 3. The maximum atomic E-state index is 15.0. The maximum Gasteiger partial charge on any atom is 0.325 e. The molecular formula is C91H132N24O27. The first kappa shape index (κ1) is 116. The van der Waals surface area contributed by atoms with Gasteiger partial charge in [0, 0.05) is 57.9 Å². The van der Waals surface area contributed by atoms with E-state index in [0.29, 0.717) is 23.1 Å². The number of aromatic hydroxyl groups is 3. The molecule has 0 saturated carbocycles. The first-order valence-electron chi connectivity index (χ1n) is 46.2. The van der Waals surface area contributed by atoms with Gasteiger partial charge in [-0.1, -0.05) is 77.9 Å². The number of hydrogen-bond donors (Lipinski definition) is 28. The molecule has 51 nitrogen and oxygen atoms in total. The van der Waals surface area contributed by atoms with E-state index in [1.54, 1.807) is 13.8 Å². The van der Waals surface area contributed by atoms with E-state index in [1.165, 1.54) is 132 Å². The predicted molar refractivity (Wildman–Crippen MR) is 503 cm³/mol. The van der Waals surface area contributed by atoms with Crippen molar-refractivity contribution in [3.05, 3.63) is 108 Å². The van der Waals surface area contributed by atoms with Gasteiger partial charge in [-0.2, -0.15) is 0 Å². The highest BCUT2D eigenvalue weighted by Crippen LogP contribution is 2.25. The zero-order valence-corrected chi connectivity index (χ0v) is 80.2. The number of aliphatic hydroxyl groups is 2. The van der Waals surface area contributed by atoms with Crippen LogP contribution in [0.5, 0.6) is 17.2 Å². The topological polar surface area (TPSA) is 799 Å². The lowest BCUT2D eigenvalue weighted by Gasteiger charge is -2.31. The molecule has 2 aliphatic heterocycles. The van der Waals surface area contributed by atoms with Crippen molar-refractivity contribution in [2.24, 2.45) is 29.2 Å². The molecule has 778 valence electrons. The molecular weight excluding hydrogens is 1860 g/mol. The first-order chi connectivity index (χ1) is 67.1. The molecule has 0 spiro atoms. The third-order valence-corrected chi connectivity index (χ3v) is 22.9. The number of aromatic nitrogens is 2. The number of phenolic OH excluding ortho intramolecular Hbond substituents is 3. The van der Waals surface area contributed by atoms with Crippen LogP contribution >= 0.6 is 0 Å². The number of benzene rings is 3. The van der Waals surface area contributed by atoms with Crippen molar-refractivity contribution >= 4 is 124 Å². The standard InChI is InChI=1S/C91H132N24O27/c1-45(2)33-60(109-85(136)68-15-11-31-114(68)88(139)49(8)101-79(130)62(35-52-18-24-56(119)25-19-52)107-83(134)65(42-116)104-69(121)38-92)76(127)98-40-70(122)103-61(34-51-16-22-55(118)23-17-51)80(131)108-63(37-54-39-95-44-99-54)81(132)113-74(47(5)6)87(138)106-58(13-10-30-96-91(93)94)77(128)105-59(28-29-72(124)125)78(129)110-64(36-53-20-26-57(120)27-21-53)89(140)115-32-12-14-67(115)84(135)100-48(7)75(126)97-41-71(123)112-73(46(3)4)86(137)111-66(43-117)82(133)102-50(9)90(141)142/h16-27,39,44-50,58-68,73-74,116-120H,10-15,28-38,40-43,92H2,1-9H3,(H,95,99)(H,97,126)(H,98,127)(H,100,135)(H,101,130)(H,102,133)(H,103,122)(H,104,121)(H,105,128)(H,106,138)(H,107,134)(H,108,131)(H,109,136)(H,110,129)(H,111,137)(H,112,123)(H,113,132)(H,124,125)(H,141,142)(H4,93,94,96)/t48-,49-,50-,58-,59-,60-,61-,62-,63-,64-,65-,66-,67-,68-,73-,74-/m0/s1. The summed E-state index contributed by atoms with van der Waals surface area (Å²) in [6.45, 7) is 9.23. The van der Waals surface area contributed by atoms with E-state index in [4.69, 9.17) is 16.9 Å². The third-order valence-electron chi connectivity index (χ3n) is 22.9. The van der Waals surface area contributed by atoms with Crippen LogP contribution in [0.4, 0.5) is 0 Å². The van der Waals surface area contributed by atoms with Gasteiger partial charge in [0.25, 0.3) is 0 Å². The van der Waals surface area contributed by atoms with Crippen LogP contribution in [0.2, 0.25) is 0 Å². The van der Waals surface area contributed by atoms with Crippen molar-refractivity contribution in [2.45, 2.75) is 242 Å². The van der Waals surface area contributed by atoms with Crippen LogP contribution in [0.3, 0.4) is 0 Å². The molecule has 3 heterocycles. The van der Waals surface area contributed by atoms with Crippen molar-refractivity contribution in [1.82, 2.24) is 110 Å². The highest BCUT2D eigenvalue weighted by Gasteiger charge is 2.44. The summed E-state index contributed by atoms with van der Waals surface area (Å²) in [6, 6.07) is -7.46. The number of aliphatic carboxylic acids is 2. The van der Waals surface area contributed by atoms with E-state index < -0.39 is 285 Å². The quantitative estimate of drug-likeness (QED) is 0.0111. The summed E-state index contributed by atoms with van der Waals surface area (Å²) in [7, 11) is 0. The van der Waals surface area contributed by atoms with Crippen molar-refractivity contribution < 1.29 is 132 Å². The highest BCUT2D eigenvalue weighted by atomic mass is 16.4. The lowest BCUT2D eigenvalue weighted by Crippen LogP contribution is -2.61. The molecule has 2 fully saturated rings. The number of carbonyl (C=O) groups excluding carboxylic acids is 18. The van der Waals surface area contributed by atoms with Crippen molar-refractivity contribution in [1.29, 1.82) is 5.41 Å². The summed E-state index contributed by atoms with van der Waals surface area (Å²) in [5, 5.41) is 119. The Bertz CT molecular complexity index is 5070. The van der Waals surface area contributed by atoms with E-state index in [0.717, 1.165) is 11.8 Å². The number of nitrogens with two attached hydrogens (primary N) is 2. The summed E-state index contributed by atoms with van der Waals surface area (Å²) < 4.78 is 0. The second-order valence-electron chi connectivity index (χ2n) is 35.5. The monoisotopic (exact) mass is 1990 g/mol. The minimum atomic E-state index is -1.84.